The van der Waals surface area contributed by atoms with Gasteiger partial charge >= 0.3 is 0 Å². The Morgan fingerprint density at radius 2 is 1.89 bits per heavy atom. The number of rotatable bonds is 5. The predicted molar refractivity (Wildman–Crippen MR) is 98.2 cm³/mol. The van der Waals surface area contributed by atoms with Crippen molar-refractivity contribution in [2.75, 3.05) is 4.90 Å². The van der Waals surface area contributed by atoms with Crippen LogP contribution in [0.15, 0.2) is 65.3 Å². The van der Waals surface area contributed by atoms with Gasteiger partial charge in [0.25, 0.3) is 17.6 Å². The predicted octanol–water partition coefficient (Wildman–Crippen LogP) is 3.08. The Kier molecular flexibility index (Phi) is 4.49. The van der Waals surface area contributed by atoms with Gasteiger partial charge in [-0.1, -0.05) is 18.2 Å². The molecule has 2 amide bonds. The first-order valence-corrected chi connectivity index (χ1v) is 8.59. The van der Waals surface area contributed by atoms with Crippen molar-refractivity contribution in [2.45, 2.75) is 13.1 Å². The second-order valence-electron chi connectivity index (χ2n) is 6.31. The quantitative estimate of drug-likeness (QED) is 0.692. The minimum atomic E-state index is -0.744. The normalized spacial score (nSPS) is 13.0. The molecule has 1 N–H and O–H groups in total. The van der Waals surface area contributed by atoms with Crippen LogP contribution in [0.25, 0.3) is 0 Å². The molecule has 0 unspecified atom stereocenters. The van der Waals surface area contributed by atoms with Crippen LogP contribution < -0.4 is 10.2 Å². The summed E-state index contributed by atoms with van der Waals surface area (Å²) in [7, 11) is 0. The molecule has 7 heteroatoms. The number of furan rings is 1. The summed E-state index contributed by atoms with van der Waals surface area (Å²) in [6, 6.07) is 13.9. The van der Waals surface area contributed by atoms with E-state index in [1.54, 1.807) is 30.3 Å². The second kappa shape index (κ2) is 7.11. The van der Waals surface area contributed by atoms with Crippen molar-refractivity contribution in [1.82, 2.24) is 5.32 Å². The SMILES string of the molecule is O=C(NCc1ccco1)c1ccc2c(c1)N(Cc1ccccc1F)C(=O)C2=O. The van der Waals surface area contributed by atoms with Crippen LogP contribution >= 0.6 is 0 Å². The number of Topliss-reactive ketones (excluding diaryl/α,β-unsaturated/α-hetero) is 1. The van der Waals surface area contributed by atoms with Crippen molar-refractivity contribution in [2.24, 2.45) is 0 Å². The van der Waals surface area contributed by atoms with Crippen molar-refractivity contribution >= 4 is 23.3 Å². The number of carbonyl (C=O) groups excluding carboxylic acids is 3. The number of ketones is 1. The Labute approximate surface area is 159 Å². The van der Waals surface area contributed by atoms with Crippen LogP contribution in [0.3, 0.4) is 0 Å². The van der Waals surface area contributed by atoms with Gasteiger partial charge < -0.3 is 14.6 Å². The topological polar surface area (TPSA) is 79.6 Å². The van der Waals surface area contributed by atoms with Gasteiger partial charge in [0.15, 0.2) is 0 Å². The molecule has 3 aromatic rings. The van der Waals surface area contributed by atoms with E-state index in [9.17, 15) is 18.8 Å². The molecule has 6 nitrogen and oxygen atoms in total. The van der Waals surface area contributed by atoms with Gasteiger partial charge in [0.1, 0.15) is 11.6 Å². The molecule has 0 aliphatic carbocycles. The van der Waals surface area contributed by atoms with Crippen LogP contribution in [0.2, 0.25) is 0 Å². The van der Waals surface area contributed by atoms with E-state index in [-0.39, 0.29) is 35.7 Å². The zero-order chi connectivity index (χ0) is 19.7. The number of nitrogens with zero attached hydrogens (tertiary/aromatic N) is 1. The molecule has 1 aliphatic heterocycles. The minimum absolute atomic E-state index is 0.0955. The fourth-order valence-corrected chi connectivity index (χ4v) is 3.07. The summed E-state index contributed by atoms with van der Waals surface area (Å²) in [6.07, 6.45) is 1.51. The standard InChI is InChI=1S/C21H15FN2O4/c22-17-6-2-1-4-14(17)12-24-18-10-13(7-8-16(18)19(25)21(24)27)20(26)23-11-15-5-3-9-28-15/h1-10H,11-12H2,(H,23,26). The largest absolute Gasteiger partial charge is 0.467 e. The Bertz CT molecular complexity index is 1080. The molecule has 140 valence electrons. The van der Waals surface area contributed by atoms with E-state index in [1.807, 2.05) is 0 Å². The first kappa shape index (κ1) is 17.7. The average Bonchev–Trinajstić information content (AvgIpc) is 3.30. The number of nitrogens with one attached hydrogen (secondary N) is 1. The number of hydrogen-bond acceptors (Lipinski definition) is 4. The van der Waals surface area contributed by atoms with E-state index < -0.39 is 17.5 Å². The molecule has 28 heavy (non-hydrogen) atoms. The molecule has 2 aromatic carbocycles. The van der Waals surface area contributed by atoms with E-state index in [0.717, 1.165) is 0 Å². The molecular formula is C21H15FN2O4. The Hall–Kier alpha value is -3.74. The third-order valence-corrected chi connectivity index (χ3v) is 4.52. The lowest BCUT2D eigenvalue weighted by atomic mass is 10.1. The van der Waals surface area contributed by atoms with Crippen molar-refractivity contribution in [3.63, 3.8) is 0 Å². The number of anilines is 1. The number of benzene rings is 2. The molecule has 0 saturated carbocycles. The van der Waals surface area contributed by atoms with Gasteiger partial charge in [0.2, 0.25) is 0 Å². The fraction of sp³-hybridized carbons (Fsp3) is 0.0952. The summed E-state index contributed by atoms with van der Waals surface area (Å²) in [4.78, 5) is 38.2. The number of fused-ring (bicyclic) bond motifs is 1. The maximum Gasteiger partial charge on any atom is 0.299 e. The Morgan fingerprint density at radius 1 is 1.07 bits per heavy atom. The average molecular weight is 378 g/mol. The highest BCUT2D eigenvalue weighted by Gasteiger charge is 2.36. The first-order chi connectivity index (χ1) is 13.5. The highest BCUT2D eigenvalue weighted by Crippen LogP contribution is 2.31. The van der Waals surface area contributed by atoms with Crippen molar-refractivity contribution in [1.29, 1.82) is 0 Å². The van der Waals surface area contributed by atoms with Crippen LogP contribution in [-0.2, 0) is 17.9 Å². The Morgan fingerprint density at radius 3 is 2.64 bits per heavy atom. The van der Waals surface area contributed by atoms with E-state index in [4.69, 9.17) is 4.42 Å². The van der Waals surface area contributed by atoms with Gasteiger partial charge in [-0.2, -0.15) is 0 Å². The van der Waals surface area contributed by atoms with Crippen molar-refractivity contribution in [3.05, 3.63) is 89.1 Å². The molecule has 0 atom stereocenters. The lowest BCUT2D eigenvalue weighted by Gasteiger charge is -2.17. The van der Waals surface area contributed by atoms with Gasteiger partial charge in [-0.25, -0.2) is 4.39 Å². The van der Waals surface area contributed by atoms with Crippen LogP contribution in [0, 0.1) is 5.82 Å². The van der Waals surface area contributed by atoms with E-state index >= 15 is 0 Å². The zero-order valence-electron chi connectivity index (χ0n) is 14.6. The smallest absolute Gasteiger partial charge is 0.299 e. The van der Waals surface area contributed by atoms with Crippen LogP contribution in [0.1, 0.15) is 32.0 Å². The lowest BCUT2D eigenvalue weighted by molar-refractivity contribution is -0.114. The molecule has 0 spiro atoms. The molecule has 1 aromatic heterocycles. The third kappa shape index (κ3) is 3.18. The number of carbonyl (C=O) groups is 3. The van der Waals surface area contributed by atoms with Gasteiger partial charge in [-0.3, -0.25) is 14.4 Å². The molecule has 0 fully saturated rings. The zero-order valence-corrected chi connectivity index (χ0v) is 14.6. The van der Waals surface area contributed by atoms with Crippen molar-refractivity contribution in [3.8, 4) is 0 Å². The van der Waals surface area contributed by atoms with Crippen molar-refractivity contribution < 1.29 is 23.2 Å². The number of halogens is 1. The first-order valence-electron chi connectivity index (χ1n) is 8.59. The lowest BCUT2D eigenvalue weighted by Crippen LogP contribution is -2.29. The third-order valence-electron chi connectivity index (χ3n) is 4.52. The summed E-state index contributed by atoms with van der Waals surface area (Å²) < 4.78 is 19.2. The highest BCUT2D eigenvalue weighted by molar-refractivity contribution is 6.52. The molecule has 4 rings (SSSR count). The molecule has 2 heterocycles. The van der Waals surface area contributed by atoms with E-state index in [0.29, 0.717) is 11.4 Å². The highest BCUT2D eigenvalue weighted by atomic mass is 19.1. The van der Waals surface area contributed by atoms with Crippen LogP contribution in [-0.4, -0.2) is 17.6 Å². The minimum Gasteiger partial charge on any atom is -0.467 e. The van der Waals surface area contributed by atoms with Gasteiger partial charge in [-0.15, -0.1) is 0 Å². The summed E-state index contributed by atoms with van der Waals surface area (Å²) in [6.45, 7) is 0.113. The monoisotopic (exact) mass is 378 g/mol. The fourth-order valence-electron chi connectivity index (χ4n) is 3.07. The number of hydrogen-bond donors (Lipinski definition) is 1. The maximum absolute atomic E-state index is 14.0. The van der Waals surface area contributed by atoms with E-state index in [2.05, 4.69) is 5.32 Å². The van der Waals surface area contributed by atoms with Crippen LogP contribution in [0.4, 0.5) is 10.1 Å². The van der Waals surface area contributed by atoms with Crippen LogP contribution in [0.5, 0.6) is 0 Å². The summed E-state index contributed by atoms with van der Waals surface area (Å²) >= 11 is 0. The van der Waals surface area contributed by atoms with Gasteiger partial charge in [0, 0.05) is 11.1 Å². The summed E-state index contributed by atoms with van der Waals surface area (Å²) in [5.41, 5.74) is 1.06. The Balaban J connectivity index is 1.60. The van der Waals surface area contributed by atoms with E-state index in [1.165, 1.54) is 35.4 Å². The number of amides is 2. The second-order valence-corrected chi connectivity index (χ2v) is 6.31. The molecule has 1 aliphatic rings. The molecule has 0 radical (unpaired) electrons. The molecular weight excluding hydrogens is 363 g/mol. The van der Waals surface area contributed by atoms with Gasteiger partial charge in [-0.05, 0) is 36.4 Å². The molecule has 0 bridgehead atoms. The maximum atomic E-state index is 14.0. The summed E-state index contributed by atoms with van der Waals surface area (Å²) in [5, 5.41) is 2.71. The van der Waals surface area contributed by atoms with Gasteiger partial charge in [0.05, 0.1) is 30.6 Å². The molecule has 0 saturated heterocycles. The summed E-state index contributed by atoms with van der Waals surface area (Å²) in [5.74, 6) is -1.67.